The molecule has 0 radical (unpaired) electrons. The van der Waals surface area contributed by atoms with Crippen molar-refractivity contribution < 1.29 is 18.0 Å². The molecule has 2 heterocycles. The summed E-state index contributed by atoms with van der Waals surface area (Å²) in [6, 6.07) is 6.22. The van der Waals surface area contributed by atoms with Crippen LogP contribution in [0, 0.1) is 11.3 Å². The lowest BCUT2D eigenvalue weighted by molar-refractivity contribution is -0.140. The first-order chi connectivity index (χ1) is 19.9. The molecule has 0 spiro atoms. The summed E-state index contributed by atoms with van der Waals surface area (Å²) in [7, 11) is -1.37. The summed E-state index contributed by atoms with van der Waals surface area (Å²) in [5.74, 6) is 0.206. The fraction of sp³-hybridized carbons (Fsp3) is 0.742. The number of hydrogen-bond acceptors (Lipinski definition) is 6. The van der Waals surface area contributed by atoms with Crippen molar-refractivity contribution in [2.24, 2.45) is 11.3 Å². The number of likely N-dealkylation sites (N-methyl/N-ethyl adjacent to an activating group) is 1. The minimum atomic E-state index is -3.36. The molecule has 11 heteroatoms. The predicted molar refractivity (Wildman–Crippen MR) is 168 cm³/mol. The quantitative estimate of drug-likeness (QED) is 0.415. The van der Waals surface area contributed by atoms with Gasteiger partial charge in [0.25, 0.3) is 0 Å². The Morgan fingerprint density at radius 2 is 1.74 bits per heavy atom. The molecule has 42 heavy (non-hydrogen) atoms. The Morgan fingerprint density at radius 1 is 1.10 bits per heavy atom. The minimum Gasteiger partial charge on any atom is -0.343 e. The maximum absolute atomic E-state index is 14.1. The van der Waals surface area contributed by atoms with Crippen LogP contribution in [0.25, 0.3) is 0 Å². The molecule has 1 aliphatic carbocycles. The number of carbonyl (C=O) groups excluding carboxylic acids is 2. The number of likely N-dealkylation sites (tertiary alicyclic amines) is 1. The number of carbonyl (C=O) groups is 2. The lowest BCUT2D eigenvalue weighted by Gasteiger charge is -2.50. The van der Waals surface area contributed by atoms with Gasteiger partial charge in [-0.15, -0.1) is 0 Å². The molecule has 9 nitrogen and oxygen atoms in total. The third-order valence-corrected chi connectivity index (χ3v) is 11.3. The van der Waals surface area contributed by atoms with E-state index >= 15 is 0 Å². The van der Waals surface area contributed by atoms with Crippen molar-refractivity contribution >= 4 is 33.4 Å². The smallest absolute Gasteiger partial charge is 0.245 e. The number of amides is 2. The molecule has 0 aromatic heterocycles. The van der Waals surface area contributed by atoms with Gasteiger partial charge in [0.2, 0.25) is 21.8 Å². The standard InChI is InChI=1S/C31H50ClN5O4S/c1-23(2)37(42(4,40)41)22-31(25-8-6-5-7-9-25)14-17-36(18-15-31)30(39)27(20-24-10-12-26(32)13-11-24)34-29(38)28-21-35(3)19-16-33-28/h10-13,23,25,27-28,33H,5-9,14-22H2,1-4H3,(H,34,38)/t27-,28-/m1/s1. The summed E-state index contributed by atoms with van der Waals surface area (Å²) in [5, 5.41) is 6.98. The summed E-state index contributed by atoms with van der Waals surface area (Å²) >= 11 is 6.11. The third-order valence-electron chi connectivity index (χ3n) is 9.68. The van der Waals surface area contributed by atoms with Crippen LogP contribution in [-0.2, 0) is 26.0 Å². The molecule has 2 N–H and O–H groups in total. The first-order valence-corrected chi connectivity index (χ1v) is 17.8. The van der Waals surface area contributed by atoms with Gasteiger partial charge in [0.1, 0.15) is 6.04 Å². The summed E-state index contributed by atoms with van der Waals surface area (Å²) in [6.07, 6.45) is 9.02. The molecule has 4 rings (SSSR count). The Morgan fingerprint density at radius 3 is 2.31 bits per heavy atom. The lowest BCUT2D eigenvalue weighted by atomic mass is 9.63. The zero-order valence-electron chi connectivity index (χ0n) is 25.8. The normalized spacial score (nSPS) is 23.2. The van der Waals surface area contributed by atoms with Crippen molar-refractivity contribution in [2.75, 3.05) is 52.6 Å². The number of nitrogens with one attached hydrogen (secondary N) is 2. The Hall–Kier alpha value is -1.72. The predicted octanol–water partition coefficient (Wildman–Crippen LogP) is 3.13. The maximum atomic E-state index is 14.1. The Labute approximate surface area is 257 Å². The van der Waals surface area contributed by atoms with Crippen molar-refractivity contribution in [3.05, 3.63) is 34.9 Å². The molecule has 0 bridgehead atoms. The second-order valence-electron chi connectivity index (χ2n) is 13.1. The first kappa shape index (κ1) is 33.2. The molecule has 236 valence electrons. The highest BCUT2D eigenvalue weighted by molar-refractivity contribution is 7.88. The van der Waals surface area contributed by atoms with Crippen LogP contribution in [0.4, 0.5) is 0 Å². The van der Waals surface area contributed by atoms with Crippen LogP contribution >= 0.6 is 11.6 Å². The molecule has 2 aliphatic heterocycles. The Kier molecular flexibility index (Phi) is 11.4. The van der Waals surface area contributed by atoms with Crippen molar-refractivity contribution in [1.82, 2.24) is 24.7 Å². The van der Waals surface area contributed by atoms with E-state index in [1.54, 1.807) is 16.4 Å². The van der Waals surface area contributed by atoms with E-state index in [-0.39, 0.29) is 29.3 Å². The number of nitrogens with zero attached hydrogens (tertiary/aromatic N) is 3. The number of piperazine rings is 1. The average Bonchev–Trinajstić information content (AvgIpc) is 2.96. The summed E-state index contributed by atoms with van der Waals surface area (Å²) < 4.78 is 27.2. The number of rotatable bonds is 10. The SMILES string of the molecule is CC(C)N(CC1(C2CCCCC2)CCN(C(=O)[C@@H](Cc2ccc(Cl)cc2)NC(=O)[C@H]2CN(C)CCN2)CC1)S(C)(=O)=O. The van der Waals surface area contributed by atoms with Gasteiger partial charge >= 0.3 is 0 Å². The number of piperidine rings is 1. The van der Waals surface area contributed by atoms with Crippen LogP contribution in [0.15, 0.2) is 24.3 Å². The van der Waals surface area contributed by atoms with Gasteiger partial charge in [-0.25, -0.2) is 8.42 Å². The number of sulfonamides is 1. The molecule has 2 amide bonds. The van der Waals surface area contributed by atoms with E-state index < -0.39 is 16.1 Å². The van der Waals surface area contributed by atoms with Gasteiger partial charge in [-0.2, -0.15) is 4.31 Å². The van der Waals surface area contributed by atoms with E-state index in [0.717, 1.165) is 44.3 Å². The van der Waals surface area contributed by atoms with E-state index in [2.05, 4.69) is 15.5 Å². The van der Waals surface area contributed by atoms with E-state index in [1.165, 1.54) is 25.5 Å². The highest BCUT2D eigenvalue weighted by Gasteiger charge is 2.46. The van der Waals surface area contributed by atoms with Crippen LogP contribution in [0.3, 0.4) is 0 Å². The van der Waals surface area contributed by atoms with Crippen LogP contribution in [0.2, 0.25) is 5.02 Å². The first-order valence-electron chi connectivity index (χ1n) is 15.6. The molecule has 0 unspecified atom stereocenters. The zero-order chi connectivity index (χ0) is 30.5. The monoisotopic (exact) mass is 623 g/mol. The maximum Gasteiger partial charge on any atom is 0.245 e. The number of benzene rings is 1. The second-order valence-corrected chi connectivity index (χ2v) is 15.5. The molecular formula is C31H50ClN5O4S. The largest absolute Gasteiger partial charge is 0.343 e. The molecule has 3 aliphatic rings. The van der Waals surface area contributed by atoms with Gasteiger partial charge in [0, 0.05) is 56.8 Å². The molecule has 2 atom stereocenters. The van der Waals surface area contributed by atoms with Crippen LogP contribution < -0.4 is 10.6 Å². The van der Waals surface area contributed by atoms with Gasteiger partial charge in [0.05, 0.1) is 12.3 Å². The Bertz CT molecular complexity index is 1160. The highest BCUT2D eigenvalue weighted by Crippen LogP contribution is 2.47. The van der Waals surface area contributed by atoms with Crippen molar-refractivity contribution in [2.45, 2.75) is 83.3 Å². The molecule has 1 aromatic rings. The number of hydrogen-bond donors (Lipinski definition) is 2. The van der Waals surface area contributed by atoms with Crippen LogP contribution in [-0.4, -0.2) is 105 Å². The van der Waals surface area contributed by atoms with Crippen LogP contribution in [0.5, 0.6) is 0 Å². The molecule has 1 aromatic carbocycles. The summed E-state index contributed by atoms with van der Waals surface area (Å²) in [6.45, 7) is 7.69. The van der Waals surface area contributed by atoms with Gasteiger partial charge in [-0.3, -0.25) is 9.59 Å². The van der Waals surface area contributed by atoms with Crippen molar-refractivity contribution in [3.8, 4) is 0 Å². The lowest BCUT2D eigenvalue weighted by Crippen LogP contribution is -2.60. The van der Waals surface area contributed by atoms with Gasteiger partial charge in [0.15, 0.2) is 0 Å². The van der Waals surface area contributed by atoms with Gasteiger partial charge < -0.3 is 20.4 Å². The highest BCUT2D eigenvalue weighted by atomic mass is 35.5. The van der Waals surface area contributed by atoms with E-state index in [0.29, 0.717) is 43.5 Å². The van der Waals surface area contributed by atoms with E-state index in [9.17, 15) is 18.0 Å². The Balaban J connectivity index is 1.52. The zero-order valence-corrected chi connectivity index (χ0v) is 27.4. The third kappa shape index (κ3) is 8.46. The fourth-order valence-corrected chi connectivity index (χ4v) is 8.58. The van der Waals surface area contributed by atoms with Gasteiger partial charge in [-0.05, 0) is 75.6 Å². The second kappa shape index (κ2) is 14.4. The topological polar surface area (TPSA) is 102 Å². The minimum absolute atomic E-state index is 0.0801. The van der Waals surface area contributed by atoms with Gasteiger partial charge in [-0.1, -0.05) is 43.0 Å². The molecular weight excluding hydrogens is 574 g/mol. The van der Waals surface area contributed by atoms with Crippen molar-refractivity contribution in [3.63, 3.8) is 0 Å². The molecule has 3 fully saturated rings. The molecule has 1 saturated carbocycles. The fourth-order valence-electron chi connectivity index (χ4n) is 7.20. The molecule has 2 saturated heterocycles. The average molecular weight is 624 g/mol. The van der Waals surface area contributed by atoms with E-state index in [1.807, 2.05) is 37.9 Å². The number of halogens is 1. The van der Waals surface area contributed by atoms with Crippen LogP contribution in [0.1, 0.15) is 64.4 Å². The summed E-state index contributed by atoms with van der Waals surface area (Å²) in [4.78, 5) is 31.4. The van der Waals surface area contributed by atoms with E-state index in [4.69, 9.17) is 11.6 Å². The van der Waals surface area contributed by atoms with Crippen molar-refractivity contribution in [1.29, 1.82) is 0 Å². The summed E-state index contributed by atoms with van der Waals surface area (Å²) in [5.41, 5.74) is 0.775.